The number of nitrogens with one attached hydrogen (secondary N) is 1. The average Bonchev–Trinajstić information content (AvgIpc) is 3.01. The molecule has 1 heterocycles. The Labute approximate surface area is 236 Å². The van der Waals surface area contributed by atoms with Crippen LogP contribution in [0.4, 0.5) is 4.79 Å². The Hall–Kier alpha value is -4.29. The second-order valence-corrected chi connectivity index (χ2v) is 10.1. The Morgan fingerprint density at radius 3 is 2.02 bits per heavy atom. The fourth-order valence-electron chi connectivity index (χ4n) is 5.45. The van der Waals surface area contributed by atoms with Crippen LogP contribution in [0.15, 0.2) is 115 Å². The van der Waals surface area contributed by atoms with Crippen LogP contribution in [0.2, 0.25) is 0 Å². The number of hydrogen-bond donors (Lipinski definition) is 1. The minimum absolute atomic E-state index is 0.0981. The molecule has 5 rings (SSSR count). The van der Waals surface area contributed by atoms with Gasteiger partial charge in [0.1, 0.15) is 17.1 Å². The molecule has 6 heteroatoms. The van der Waals surface area contributed by atoms with Crippen molar-refractivity contribution in [3.63, 3.8) is 0 Å². The molecule has 0 saturated carbocycles. The highest BCUT2D eigenvalue weighted by Crippen LogP contribution is 2.42. The summed E-state index contributed by atoms with van der Waals surface area (Å²) >= 11 is 0. The van der Waals surface area contributed by atoms with Crippen molar-refractivity contribution in [2.75, 3.05) is 27.4 Å². The molecule has 2 atom stereocenters. The van der Waals surface area contributed by atoms with Gasteiger partial charge in [0.05, 0.1) is 14.2 Å². The predicted molar refractivity (Wildman–Crippen MR) is 157 cm³/mol. The SMILES string of the molecule is COc1ccc(C(OCCC2C=CC(N3C=CCNC3=O)=CC2C)(c2ccccc2)c2ccc(OC)cc2)cc1. The molecule has 1 aliphatic carbocycles. The van der Waals surface area contributed by atoms with Crippen molar-refractivity contribution in [3.05, 3.63) is 132 Å². The number of allylic oxidation sites excluding steroid dienone is 3. The summed E-state index contributed by atoms with van der Waals surface area (Å²) in [5.41, 5.74) is 3.14. The number of carbonyl (C=O) groups is 1. The van der Waals surface area contributed by atoms with Crippen molar-refractivity contribution >= 4 is 6.03 Å². The second-order valence-electron chi connectivity index (χ2n) is 10.1. The monoisotopic (exact) mass is 536 g/mol. The highest BCUT2D eigenvalue weighted by Gasteiger charge is 2.38. The molecule has 3 aromatic rings. The molecule has 0 aromatic heterocycles. The average molecular weight is 537 g/mol. The maximum Gasteiger partial charge on any atom is 0.326 e. The number of amides is 2. The lowest BCUT2D eigenvalue weighted by Crippen LogP contribution is -2.39. The molecule has 0 radical (unpaired) electrons. The van der Waals surface area contributed by atoms with Crippen LogP contribution in [0.1, 0.15) is 30.0 Å². The summed E-state index contributed by atoms with van der Waals surface area (Å²) < 4.78 is 17.9. The lowest BCUT2D eigenvalue weighted by atomic mass is 9.79. The third-order valence-electron chi connectivity index (χ3n) is 7.69. The molecular formula is C34H36N2O4. The van der Waals surface area contributed by atoms with Crippen molar-refractivity contribution in [2.24, 2.45) is 11.8 Å². The lowest BCUT2D eigenvalue weighted by Gasteiger charge is -2.37. The third-order valence-corrected chi connectivity index (χ3v) is 7.69. The van der Waals surface area contributed by atoms with Crippen molar-refractivity contribution in [2.45, 2.75) is 18.9 Å². The van der Waals surface area contributed by atoms with Crippen LogP contribution >= 0.6 is 0 Å². The summed E-state index contributed by atoms with van der Waals surface area (Å²) in [6, 6.07) is 26.4. The Morgan fingerprint density at radius 1 is 0.875 bits per heavy atom. The standard InChI is InChI=1S/C34H36N2O4/c1-25-24-30(36-22-7-21-35-33(36)37)15-10-26(25)20-23-40-34(27-8-5-4-6-9-27,28-11-16-31(38-2)17-12-28)29-13-18-32(39-3)19-14-29/h4-19,22,24-26H,20-21,23H2,1-3H3,(H,35,37). The van der Waals surface area contributed by atoms with E-state index in [1.807, 2.05) is 60.8 Å². The molecule has 206 valence electrons. The van der Waals surface area contributed by atoms with Gasteiger partial charge in [-0.1, -0.05) is 73.7 Å². The third kappa shape index (κ3) is 5.54. The van der Waals surface area contributed by atoms with Crippen molar-refractivity contribution < 1.29 is 19.0 Å². The fraction of sp³-hybridized carbons (Fsp3) is 0.265. The van der Waals surface area contributed by atoms with Gasteiger partial charge < -0.3 is 19.5 Å². The Kier molecular flexibility index (Phi) is 8.37. The number of hydrogen-bond acceptors (Lipinski definition) is 4. The van der Waals surface area contributed by atoms with Gasteiger partial charge in [0, 0.05) is 25.0 Å². The molecule has 2 amide bonds. The van der Waals surface area contributed by atoms with Gasteiger partial charge in [-0.3, -0.25) is 4.90 Å². The topological polar surface area (TPSA) is 60.0 Å². The Balaban J connectivity index is 1.44. The predicted octanol–water partition coefficient (Wildman–Crippen LogP) is 6.65. The van der Waals surface area contributed by atoms with Gasteiger partial charge in [-0.25, -0.2) is 4.79 Å². The van der Waals surface area contributed by atoms with E-state index < -0.39 is 5.60 Å². The number of benzene rings is 3. The van der Waals surface area contributed by atoms with Crippen LogP contribution in [0.25, 0.3) is 0 Å². The molecule has 1 aliphatic heterocycles. The minimum atomic E-state index is -0.834. The van der Waals surface area contributed by atoms with E-state index in [4.69, 9.17) is 14.2 Å². The first-order chi connectivity index (χ1) is 19.5. The van der Waals surface area contributed by atoms with E-state index in [1.165, 1.54) is 0 Å². The smallest absolute Gasteiger partial charge is 0.326 e. The van der Waals surface area contributed by atoms with Gasteiger partial charge >= 0.3 is 6.03 Å². The number of urea groups is 1. The quantitative estimate of drug-likeness (QED) is 0.295. The molecule has 2 aliphatic rings. The van der Waals surface area contributed by atoms with Crippen LogP contribution < -0.4 is 14.8 Å². The molecule has 0 saturated heterocycles. The summed E-state index contributed by atoms with van der Waals surface area (Å²) in [4.78, 5) is 14.0. The first-order valence-electron chi connectivity index (χ1n) is 13.7. The number of ether oxygens (including phenoxy) is 3. The van der Waals surface area contributed by atoms with E-state index in [0.717, 1.165) is 40.3 Å². The van der Waals surface area contributed by atoms with E-state index >= 15 is 0 Å². The van der Waals surface area contributed by atoms with Crippen LogP contribution in [-0.4, -0.2) is 38.3 Å². The van der Waals surface area contributed by atoms with Crippen LogP contribution in [0, 0.1) is 11.8 Å². The van der Waals surface area contributed by atoms with Gasteiger partial charge in [-0.15, -0.1) is 0 Å². The summed E-state index contributed by atoms with van der Waals surface area (Å²) in [6.07, 6.45) is 11.0. The summed E-state index contributed by atoms with van der Waals surface area (Å²) in [5, 5.41) is 2.86. The molecule has 0 fully saturated rings. The van der Waals surface area contributed by atoms with Gasteiger partial charge in [-0.05, 0) is 71.4 Å². The van der Waals surface area contributed by atoms with E-state index in [1.54, 1.807) is 19.1 Å². The molecule has 1 N–H and O–H groups in total. The van der Waals surface area contributed by atoms with Gasteiger partial charge in [-0.2, -0.15) is 0 Å². The normalized spacial score (nSPS) is 18.7. The minimum Gasteiger partial charge on any atom is -0.497 e. The fourth-order valence-corrected chi connectivity index (χ4v) is 5.45. The summed E-state index contributed by atoms with van der Waals surface area (Å²) in [5.74, 6) is 2.11. The maximum atomic E-state index is 12.3. The second kappa shape index (κ2) is 12.3. The lowest BCUT2D eigenvalue weighted by molar-refractivity contribution is 0.00611. The van der Waals surface area contributed by atoms with Crippen LogP contribution in [-0.2, 0) is 10.3 Å². The molecule has 3 aromatic carbocycles. The van der Waals surface area contributed by atoms with E-state index in [9.17, 15) is 4.79 Å². The van der Waals surface area contributed by atoms with Gasteiger partial charge in [0.2, 0.25) is 0 Å². The number of rotatable bonds is 10. The van der Waals surface area contributed by atoms with Crippen LogP contribution in [0.3, 0.4) is 0 Å². The zero-order chi connectivity index (χ0) is 28.0. The first kappa shape index (κ1) is 27.3. The molecule has 6 nitrogen and oxygen atoms in total. The molecule has 0 spiro atoms. The van der Waals surface area contributed by atoms with E-state index in [0.29, 0.717) is 13.2 Å². The van der Waals surface area contributed by atoms with Gasteiger partial charge in [0.25, 0.3) is 0 Å². The van der Waals surface area contributed by atoms with E-state index in [2.05, 4.69) is 60.8 Å². The molecule has 40 heavy (non-hydrogen) atoms. The number of methoxy groups -OCH3 is 2. The largest absolute Gasteiger partial charge is 0.497 e. The number of nitrogens with zero attached hydrogens (tertiary/aromatic N) is 1. The number of carbonyl (C=O) groups excluding carboxylic acids is 1. The van der Waals surface area contributed by atoms with Crippen molar-refractivity contribution in [1.82, 2.24) is 10.2 Å². The van der Waals surface area contributed by atoms with Crippen molar-refractivity contribution in [3.8, 4) is 11.5 Å². The van der Waals surface area contributed by atoms with E-state index in [-0.39, 0.29) is 17.9 Å². The zero-order valence-electron chi connectivity index (χ0n) is 23.2. The Morgan fingerprint density at radius 2 is 1.48 bits per heavy atom. The summed E-state index contributed by atoms with van der Waals surface area (Å²) in [6.45, 7) is 3.28. The molecule has 0 bridgehead atoms. The maximum absolute atomic E-state index is 12.3. The zero-order valence-corrected chi connectivity index (χ0v) is 23.2. The molecule has 2 unspecified atom stereocenters. The van der Waals surface area contributed by atoms with Crippen LogP contribution in [0.5, 0.6) is 11.5 Å². The van der Waals surface area contributed by atoms with Gasteiger partial charge in [0.15, 0.2) is 0 Å². The first-order valence-corrected chi connectivity index (χ1v) is 13.7. The Bertz CT molecular complexity index is 1330. The highest BCUT2D eigenvalue weighted by atomic mass is 16.5. The van der Waals surface area contributed by atoms with Crippen molar-refractivity contribution in [1.29, 1.82) is 0 Å². The molecular weight excluding hydrogens is 500 g/mol. The summed E-state index contributed by atoms with van der Waals surface area (Å²) in [7, 11) is 3.35. The highest BCUT2D eigenvalue weighted by molar-refractivity contribution is 5.79.